The molecule has 1 N–H and O–H groups in total. The van der Waals surface area contributed by atoms with Crippen molar-refractivity contribution in [1.82, 2.24) is 19.8 Å². The van der Waals surface area contributed by atoms with Crippen molar-refractivity contribution in [2.75, 3.05) is 44.2 Å². The highest BCUT2D eigenvalue weighted by Gasteiger charge is 2.21. The molecular formula is C26H35Cl6N5O. The molecule has 0 spiro atoms. The third-order valence-electron chi connectivity index (χ3n) is 6.47. The Morgan fingerprint density at radius 2 is 1.47 bits per heavy atom. The average Bonchev–Trinajstić information content (AvgIpc) is 3.13. The molecule has 0 bridgehead atoms. The lowest BCUT2D eigenvalue weighted by Crippen LogP contribution is -2.47. The second-order valence-corrected chi connectivity index (χ2v) is 9.52. The molecule has 12 heteroatoms. The van der Waals surface area contributed by atoms with Gasteiger partial charge in [-0.25, -0.2) is 4.98 Å². The Morgan fingerprint density at radius 3 is 2.13 bits per heavy atom. The van der Waals surface area contributed by atoms with Crippen LogP contribution >= 0.6 is 72.8 Å². The quantitative estimate of drug-likeness (QED) is 0.290. The lowest BCUT2D eigenvalue weighted by atomic mass is 10.1. The summed E-state index contributed by atoms with van der Waals surface area (Å²) in [6, 6.07) is 13.7. The van der Waals surface area contributed by atoms with E-state index in [0.717, 1.165) is 66.9 Å². The number of aromatic nitrogens is 2. The van der Waals surface area contributed by atoms with Gasteiger partial charge in [0.2, 0.25) is 0 Å². The number of carbonyl (C=O) groups excluding carboxylic acids is 1. The van der Waals surface area contributed by atoms with E-state index in [-0.39, 0.29) is 55.5 Å². The third kappa shape index (κ3) is 8.31. The van der Waals surface area contributed by atoms with Crippen molar-refractivity contribution in [3.63, 3.8) is 0 Å². The van der Waals surface area contributed by atoms with Gasteiger partial charge in [-0.1, -0.05) is 41.4 Å². The molecule has 0 unspecified atom stereocenters. The van der Waals surface area contributed by atoms with E-state index in [2.05, 4.69) is 33.1 Å². The van der Waals surface area contributed by atoms with Gasteiger partial charge >= 0.3 is 0 Å². The molecule has 1 amide bonds. The standard InChI is InChI=1S/C26H31Cl2N5O.4ClH/c1-18-21(27)9-6-11-23(18)32-16-14-31(15-17-32)13-7-12-29-26(34)25-19(2)33(20(3)30-25)24-10-5-4-8-22(24)28;;;;/h4-6,8-11H,7,12-17H2,1-3H3,(H,29,34);4*1H. The van der Waals surface area contributed by atoms with Crippen molar-refractivity contribution in [3.05, 3.63) is 75.3 Å². The summed E-state index contributed by atoms with van der Waals surface area (Å²) in [5.74, 6) is 0.594. The summed E-state index contributed by atoms with van der Waals surface area (Å²) in [6.07, 6.45) is 0.894. The predicted molar refractivity (Wildman–Crippen MR) is 169 cm³/mol. The first-order chi connectivity index (χ1) is 16.4. The number of benzene rings is 2. The van der Waals surface area contributed by atoms with E-state index in [9.17, 15) is 4.79 Å². The van der Waals surface area contributed by atoms with Crippen molar-refractivity contribution in [2.45, 2.75) is 27.2 Å². The molecular weight excluding hydrogens is 611 g/mol. The first kappa shape index (κ1) is 36.6. The fourth-order valence-electron chi connectivity index (χ4n) is 4.58. The van der Waals surface area contributed by atoms with E-state index < -0.39 is 0 Å². The van der Waals surface area contributed by atoms with Gasteiger partial charge in [0.1, 0.15) is 11.5 Å². The average molecular weight is 646 g/mol. The van der Waals surface area contributed by atoms with Crippen LogP contribution in [-0.4, -0.2) is 59.6 Å². The maximum atomic E-state index is 12.8. The summed E-state index contributed by atoms with van der Waals surface area (Å²) < 4.78 is 1.93. The fourth-order valence-corrected chi connectivity index (χ4v) is 4.97. The van der Waals surface area contributed by atoms with Gasteiger partial charge in [-0.3, -0.25) is 14.3 Å². The molecule has 2 aromatic carbocycles. The maximum absolute atomic E-state index is 12.8. The molecule has 0 radical (unpaired) electrons. The van der Waals surface area contributed by atoms with Gasteiger partial charge in [0.15, 0.2) is 0 Å². The molecule has 0 saturated carbocycles. The van der Waals surface area contributed by atoms with E-state index in [1.54, 1.807) is 0 Å². The topological polar surface area (TPSA) is 53.4 Å². The molecule has 212 valence electrons. The van der Waals surface area contributed by atoms with Gasteiger partial charge in [-0.15, -0.1) is 49.6 Å². The Balaban J connectivity index is 0.00000342. The lowest BCUT2D eigenvalue weighted by molar-refractivity contribution is 0.0946. The molecule has 4 rings (SSSR count). The first-order valence-corrected chi connectivity index (χ1v) is 12.4. The number of piperazine rings is 1. The smallest absolute Gasteiger partial charge is 0.271 e. The minimum Gasteiger partial charge on any atom is -0.369 e. The van der Waals surface area contributed by atoms with Crippen LogP contribution in [0.3, 0.4) is 0 Å². The number of nitrogens with zero attached hydrogens (tertiary/aromatic N) is 4. The van der Waals surface area contributed by atoms with Crippen LogP contribution in [0.25, 0.3) is 5.69 Å². The minimum absolute atomic E-state index is 0. The Kier molecular flexibility index (Phi) is 16.1. The van der Waals surface area contributed by atoms with Crippen LogP contribution in [0.4, 0.5) is 5.69 Å². The summed E-state index contributed by atoms with van der Waals surface area (Å²) in [7, 11) is 0. The van der Waals surface area contributed by atoms with E-state index >= 15 is 0 Å². The number of amides is 1. The Bertz CT molecular complexity index is 1180. The van der Waals surface area contributed by atoms with Gasteiger partial charge in [0.25, 0.3) is 5.91 Å². The predicted octanol–water partition coefficient (Wildman–Crippen LogP) is 6.73. The second-order valence-electron chi connectivity index (χ2n) is 8.70. The van der Waals surface area contributed by atoms with Crippen molar-refractivity contribution in [3.8, 4) is 5.69 Å². The molecule has 3 aromatic rings. The summed E-state index contributed by atoms with van der Waals surface area (Å²) in [4.78, 5) is 22.2. The normalized spacial score (nSPS) is 12.9. The third-order valence-corrected chi connectivity index (χ3v) is 7.20. The molecule has 38 heavy (non-hydrogen) atoms. The number of rotatable bonds is 7. The number of nitrogens with one attached hydrogen (secondary N) is 1. The van der Waals surface area contributed by atoms with E-state index in [1.807, 2.05) is 54.8 Å². The number of anilines is 1. The summed E-state index contributed by atoms with van der Waals surface area (Å²) in [6.45, 7) is 11.4. The SMILES string of the molecule is Cc1c(Cl)cccc1N1CCN(CCCNC(=O)c2nc(C)n(-c3ccccc3Cl)c2C)CC1.Cl.Cl.Cl.Cl. The fraction of sp³-hybridized carbons (Fsp3) is 0.385. The number of hydrogen-bond donors (Lipinski definition) is 1. The highest BCUT2D eigenvalue weighted by Crippen LogP contribution is 2.27. The number of aryl methyl sites for hydroxylation is 1. The van der Waals surface area contributed by atoms with Crippen LogP contribution in [0.1, 0.15) is 34.0 Å². The summed E-state index contributed by atoms with van der Waals surface area (Å²) >= 11 is 12.7. The molecule has 1 aliphatic rings. The highest BCUT2D eigenvalue weighted by molar-refractivity contribution is 6.32. The lowest BCUT2D eigenvalue weighted by Gasteiger charge is -2.37. The molecule has 0 atom stereocenters. The summed E-state index contributed by atoms with van der Waals surface area (Å²) in [5, 5.41) is 4.48. The zero-order valence-corrected chi connectivity index (χ0v) is 26.4. The van der Waals surface area contributed by atoms with Crippen molar-refractivity contribution >= 4 is 84.4 Å². The molecule has 2 heterocycles. The Hall–Kier alpha value is -1.38. The Labute approximate surface area is 260 Å². The minimum atomic E-state index is -0.146. The summed E-state index contributed by atoms with van der Waals surface area (Å²) in [5.41, 5.74) is 4.43. The van der Waals surface area contributed by atoms with Gasteiger partial charge in [-0.2, -0.15) is 0 Å². The van der Waals surface area contributed by atoms with Crippen LogP contribution < -0.4 is 10.2 Å². The van der Waals surface area contributed by atoms with Crippen molar-refractivity contribution in [2.24, 2.45) is 0 Å². The van der Waals surface area contributed by atoms with Crippen LogP contribution in [0.5, 0.6) is 0 Å². The van der Waals surface area contributed by atoms with Crippen LogP contribution in [-0.2, 0) is 0 Å². The number of carbonyl (C=O) groups is 1. The van der Waals surface area contributed by atoms with Crippen molar-refractivity contribution in [1.29, 1.82) is 0 Å². The molecule has 0 aliphatic carbocycles. The van der Waals surface area contributed by atoms with Crippen LogP contribution in [0.2, 0.25) is 10.0 Å². The van der Waals surface area contributed by atoms with E-state index in [1.165, 1.54) is 5.69 Å². The number of hydrogen-bond acceptors (Lipinski definition) is 4. The van der Waals surface area contributed by atoms with Gasteiger partial charge < -0.3 is 10.2 Å². The number of para-hydroxylation sites is 1. The zero-order valence-electron chi connectivity index (χ0n) is 21.6. The van der Waals surface area contributed by atoms with E-state index in [0.29, 0.717) is 17.3 Å². The van der Waals surface area contributed by atoms with E-state index in [4.69, 9.17) is 23.2 Å². The number of imidazole rings is 1. The van der Waals surface area contributed by atoms with Gasteiger partial charge in [0.05, 0.1) is 16.4 Å². The molecule has 1 fully saturated rings. The largest absolute Gasteiger partial charge is 0.369 e. The molecule has 1 saturated heterocycles. The molecule has 1 aromatic heterocycles. The van der Waals surface area contributed by atoms with Crippen LogP contribution in [0.15, 0.2) is 42.5 Å². The van der Waals surface area contributed by atoms with Gasteiger partial charge in [-0.05, 0) is 63.6 Å². The first-order valence-electron chi connectivity index (χ1n) is 11.7. The second kappa shape index (κ2) is 16.7. The molecule has 1 aliphatic heterocycles. The highest BCUT2D eigenvalue weighted by atomic mass is 35.5. The van der Waals surface area contributed by atoms with Gasteiger partial charge in [0, 0.05) is 43.4 Å². The maximum Gasteiger partial charge on any atom is 0.271 e. The monoisotopic (exact) mass is 643 g/mol. The molecule has 6 nitrogen and oxygen atoms in total. The van der Waals surface area contributed by atoms with Crippen LogP contribution in [0, 0.1) is 20.8 Å². The zero-order chi connectivity index (χ0) is 24.2. The van der Waals surface area contributed by atoms with Crippen molar-refractivity contribution < 1.29 is 4.79 Å². The number of halogens is 6. The Morgan fingerprint density at radius 1 is 0.868 bits per heavy atom.